The third kappa shape index (κ3) is 2.89. The van der Waals surface area contributed by atoms with Crippen LogP contribution in [0.4, 0.5) is 16.2 Å². The van der Waals surface area contributed by atoms with Crippen molar-refractivity contribution < 1.29 is 4.39 Å². The first-order chi connectivity index (χ1) is 13.7. The fraction of sp³-hybridized carbons (Fsp3) is 0.238. The molecule has 3 aromatic heterocycles. The minimum absolute atomic E-state index is 0.275. The second-order valence-corrected chi connectivity index (χ2v) is 7.25. The van der Waals surface area contributed by atoms with Crippen molar-refractivity contribution in [1.29, 1.82) is 0 Å². The number of nitrogens with two attached hydrogens (primary N) is 1. The van der Waals surface area contributed by atoms with E-state index in [0.29, 0.717) is 12.0 Å². The van der Waals surface area contributed by atoms with Gasteiger partial charge in [0, 0.05) is 11.6 Å². The van der Waals surface area contributed by atoms with Crippen molar-refractivity contribution in [2.24, 2.45) is 0 Å². The molecule has 1 aliphatic rings. The zero-order chi connectivity index (χ0) is 19.1. The highest BCUT2D eigenvalue weighted by Gasteiger charge is 2.21. The minimum atomic E-state index is -0.275. The molecule has 1 aromatic carbocycles. The van der Waals surface area contributed by atoms with E-state index in [1.54, 1.807) is 18.3 Å². The second-order valence-electron chi connectivity index (χ2n) is 7.25. The maximum atomic E-state index is 13.5. The molecule has 0 unspecified atom stereocenters. The quantitative estimate of drug-likeness (QED) is 0.491. The lowest BCUT2D eigenvalue weighted by Gasteiger charge is -2.14. The number of nitrogen functional groups attached to an aromatic ring is 1. The second kappa shape index (κ2) is 6.67. The van der Waals surface area contributed by atoms with Crippen molar-refractivity contribution in [1.82, 2.24) is 19.6 Å². The van der Waals surface area contributed by atoms with Crippen LogP contribution in [-0.2, 0) is 0 Å². The van der Waals surface area contributed by atoms with E-state index in [4.69, 9.17) is 10.8 Å². The molecule has 0 radical (unpaired) electrons. The molecule has 3 heterocycles. The van der Waals surface area contributed by atoms with Gasteiger partial charge in [0.05, 0.1) is 23.0 Å². The topological polar surface area (TPSA) is 84.0 Å². The number of aromatic amines is 1. The van der Waals surface area contributed by atoms with Gasteiger partial charge in [0.1, 0.15) is 17.3 Å². The lowest BCUT2D eigenvalue weighted by atomic mass is 10.0. The van der Waals surface area contributed by atoms with Crippen LogP contribution in [0, 0.1) is 5.82 Å². The third-order valence-electron chi connectivity index (χ3n) is 5.35. The lowest BCUT2D eigenvalue weighted by molar-refractivity contribution is 0.628. The average Bonchev–Trinajstić information content (AvgIpc) is 3.42. The third-order valence-corrected chi connectivity index (χ3v) is 5.35. The van der Waals surface area contributed by atoms with Gasteiger partial charge in [-0.1, -0.05) is 18.9 Å². The summed E-state index contributed by atoms with van der Waals surface area (Å²) in [6, 6.07) is 12.9. The van der Waals surface area contributed by atoms with Gasteiger partial charge in [0.2, 0.25) is 0 Å². The van der Waals surface area contributed by atoms with Gasteiger partial charge in [-0.05, 0) is 49.2 Å². The van der Waals surface area contributed by atoms with Crippen molar-refractivity contribution in [2.75, 3.05) is 11.1 Å². The molecule has 4 N–H and O–H groups in total. The fourth-order valence-electron chi connectivity index (χ4n) is 4.00. The Kier molecular flexibility index (Phi) is 4.00. The molecule has 0 bridgehead atoms. The van der Waals surface area contributed by atoms with Crippen molar-refractivity contribution in [3.8, 4) is 22.5 Å². The number of rotatable bonds is 4. The number of pyridine rings is 1. The van der Waals surface area contributed by atoms with Crippen LogP contribution < -0.4 is 11.1 Å². The van der Waals surface area contributed by atoms with Gasteiger partial charge in [-0.3, -0.25) is 0 Å². The normalized spacial score (nSPS) is 14.8. The number of hydrogen-bond donors (Lipinski definition) is 3. The first-order valence-electron chi connectivity index (χ1n) is 9.54. The Hall–Kier alpha value is -3.35. The zero-order valence-corrected chi connectivity index (χ0v) is 15.3. The molecule has 1 aliphatic carbocycles. The molecule has 5 rings (SSSR count). The first kappa shape index (κ1) is 16.8. The standard InChI is InChI=1S/C21H21FN6/c22-14-10-8-13(9-11-14)20-19(16-12-24-21(23)26-16)17-6-3-7-18(28(17)27-20)25-15-4-1-2-5-15/h3,6-12,15,25H,1-2,4-5H2,(H3,23,24,26). The van der Waals surface area contributed by atoms with E-state index >= 15 is 0 Å². The van der Waals surface area contributed by atoms with Crippen LogP contribution in [0.3, 0.4) is 0 Å². The van der Waals surface area contributed by atoms with Gasteiger partial charge in [-0.15, -0.1) is 0 Å². The van der Waals surface area contributed by atoms with Crippen molar-refractivity contribution >= 4 is 17.3 Å². The number of halogens is 1. The summed E-state index contributed by atoms with van der Waals surface area (Å²) in [5, 5.41) is 8.51. The monoisotopic (exact) mass is 376 g/mol. The van der Waals surface area contributed by atoms with Crippen LogP contribution >= 0.6 is 0 Å². The number of hydrogen-bond acceptors (Lipinski definition) is 4. The average molecular weight is 376 g/mol. The molecule has 4 aromatic rings. The molecule has 1 fully saturated rings. The highest BCUT2D eigenvalue weighted by Crippen LogP contribution is 2.36. The SMILES string of the molecule is Nc1ncc(-c2c(-c3ccc(F)cc3)nn3c(NC4CCCC4)cccc23)[nH]1. The number of aromatic nitrogens is 4. The van der Waals surface area contributed by atoms with E-state index in [-0.39, 0.29) is 5.82 Å². The van der Waals surface area contributed by atoms with Crippen LogP contribution in [0.2, 0.25) is 0 Å². The molecule has 6 nitrogen and oxygen atoms in total. The predicted molar refractivity (Wildman–Crippen MR) is 108 cm³/mol. The van der Waals surface area contributed by atoms with Crippen molar-refractivity contribution in [2.45, 2.75) is 31.7 Å². The largest absolute Gasteiger partial charge is 0.369 e. The smallest absolute Gasteiger partial charge is 0.197 e. The Bertz CT molecular complexity index is 1120. The van der Waals surface area contributed by atoms with E-state index in [9.17, 15) is 4.39 Å². The van der Waals surface area contributed by atoms with Crippen LogP contribution in [0.25, 0.3) is 28.0 Å². The highest BCUT2D eigenvalue weighted by atomic mass is 19.1. The molecule has 0 amide bonds. The molecular formula is C21H21FN6. The number of H-pyrrole nitrogens is 1. The highest BCUT2D eigenvalue weighted by molar-refractivity contribution is 5.91. The Morgan fingerprint density at radius 3 is 2.61 bits per heavy atom. The number of fused-ring (bicyclic) bond motifs is 1. The first-order valence-corrected chi connectivity index (χ1v) is 9.54. The van der Waals surface area contributed by atoms with Gasteiger partial charge >= 0.3 is 0 Å². The van der Waals surface area contributed by atoms with Crippen LogP contribution in [0.15, 0.2) is 48.7 Å². The number of benzene rings is 1. The summed E-state index contributed by atoms with van der Waals surface area (Å²) in [6.45, 7) is 0. The molecule has 0 atom stereocenters. The van der Waals surface area contributed by atoms with E-state index in [1.165, 1.54) is 37.8 Å². The summed E-state index contributed by atoms with van der Waals surface area (Å²) in [7, 11) is 0. The summed E-state index contributed by atoms with van der Waals surface area (Å²) in [6.07, 6.45) is 6.56. The van der Waals surface area contributed by atoms with Gasteiger partial charge < -0.3 is 16.0 Å². The minimum Gasteiger partial charge on any atom is -0.369 e. The zero-order valence-electron chi connectivity index (χ0n) is 15.3. The van der Waals surface area contributed by atoms with Crippen molar-refractivity contribution in [3.05, 3.63) is 54.5 Å². The summed E-state index contributed by atoms with van der Waals surface area (Å²) in [5.41, 5.74) is 10.0. The van der Waals surface area contributed by atoms with Gasteiger partial charge in [0.25, 0.3) is 0 Å². The molecule has 7 heteroatoms. The van der Waals surface area contributed by atoms with Crippen molar-refractivity contribution in [3.63, 3.8) is 0 Å². The molecule has 28 heavy (non-hydrogen) atoms. The summed E-state index contributed by atoms with van der Waals surface area (Å²) >= 11 is 0. The fourth-order valence-corrected chi connectivity index (χ4v) is 4.00. The van der Waals surface area contributed by atoms with Gasteiger partial charge in [0.15, 0.2) is 5.95 Å². The van der Waals surface area contributed by atoms with E-state index in [0.717, 1.165) is 33.8 Å². The molecular weight excluding hydrogens is 355 g/mol. The number of imidazole rings is 1. The van der Waals surface area contributed by atoms with Crippen LogP contribution in [0.1, 0.15) is 25.7 Å². The van der Waals surface area contributed by atoms with Crippen LogP contribution in [0.5, 0.6) is 0 Å². The van der Waals surface area contributed by atoms with E-state index in [1.807, 2.05) is 22.7 Å². The summed E-state index contributed by atoms with van der Waals surface area (Å²) in [4.78, 5) is 7.25. The molecule has 0 spiro atoms. The molecule has 1 saturated carbocycles. The number of nitrogens with zero attached hydrogens (tertiary/aromatic N) is 3. The van der Waals surface area contributed by atoms with E-state index < -0.39 is 0 Å². The molecule has 142 valence electrons. The Balaban J connectivity index is 1.71. The summed E-state index contributed by atoms with van der Waals surface area (Å²) < 4.78 is 15.4. The van der Waals surface area contributed by atoms with E-state index in [2.05, 4.69) is 15.3 Å². The Morgan fingerprint density at radius 1 is 1.11 bits per heavy atom. The lowest BCUT2D eigenvalue weighted by Crippen LogP contribution is -2.16. The van der Waals surface area contributed by atoms with Gasteiger partial charge in [-0.2, -0.15) is 5.10 Å². The predicted octanol–water partition coefficient (Wildman–Crippen LogP) is 4.47. The molecule has 0 aliphatic heterocycles. The van der Waals surface area contributed by atoms with Crippen LogP contribution in [-0.4, -0.2) is 25.6 Å². The summed E-state index contributed by atoms with van der Waals surface area (Å²) in [5.74, 6) is 1.02. The Labute approximate surface area is 161 Å². The number of nitrogens with one attached hydrogen (secondary N) is 2. The van der Waals surface area contributed by atoms with Gasteiger partial charge in [-0.25, -0.2) is 13.9 Å². The Morgan fingerprint density at radius 2 is 1.89 bits per heavy atom. The number of anilines is 2. The molecule has 0 saturated heterocycles. The maximum Gasteiger partial charge on any atom is 0.197 e. The maximum absolute atomic E-state index is 13.5.